The summed E-state index contributed by atoms with van der Waals surface area (Å²) in [6, 6.07) is 3.54. The monoisotopic (exact) mass is 562 g/mol. The second-order valence-corrected chi connectivity index (χ2v) is 12.5. The molecule has 3 aromatic heterocycles. The van der Waals surface area contributed by atoms with Crippen molar-refractivity contribution in [1.29, 1.82) is 0 Å². The molecule has 3 aromatic rings. The van der Waals surface area contributed by atoms with E-state index in [2.05, 4.69) is 20.0 Å². The van der Waals surface area contributed by atoms with Crippen LogP contribution in [0, 0.1) is 5.92 Å². The van der Waals surface area contributed by atoms with E-state index in [1.807, 2.05) is 70.1 Å². The number of anilines is 2. The van der Waals surface area contributed by atoms with Crippen molar-refractivity contribution >= 4 is 17.6 Å². The number of piperidine rings is 1. The lowest BCUT2D eigenvalue weighted by Crippen LogP contribution is -2.52. The topological polar surface area (TPSA) is 102 Å². The number of rotatable bonds is 8. The number of hydrogen-bond acceptors (Lipinski definition) is 8. The molecule has 0 N–H and O–H groups in total. The third-order valence-corrected chi connectivity index (χ3v) is 7.72. The molecule has 0 bridgehead atoms. The highest BCUT2D eigenvalue weighted by molar-refractivity contribution is 5.69. The Bertz CT molecular complexity index is 1420. The van der Waals surface area contributed by atoms with Crippen LogP contribution < -0.4 is 15.4 Å². The molecule has 1 saturated heterocycles. The van der Waals surface area contributed by atoms with Crippen molar-refractivity contribution in [3.05, 3.63) is 59.0 Å². The van der Waals surface area contributed by atoms with Gasteiger partial charge in [-0.05, 0) is 65.4 Å². The maximum absolute atomic E-state index is 13.3. The SMILES string of the molecule is CC(c1cnn(-c2cncc(N(C)C)n2)c1)n1ccc(N2CCC[C@@H](N(CC3CC3)C(=O)OC(C)(C)C)C2)cc1=O. The van der Waals surface area contributed by atoms with Crippen molar-refractivity contribution in [1.82, 2.24) is 29.2 Å². The Kier molecular flexibility index (Phi) is 8.06. The van der Waals surface area contributed by atoms with Crippen molar-refractivity contribution < 1.29 is 9.53 Å². The normalized spacial score (nSPS) is 18.2. The standard InChI is InChI=1S/C30H42N8O3/c1-21(23-15-32-38(19-23)27-17-31-16-26(33-27)34(5)6)36-13-11-24(14-28(36)39)35-12-7-8-25(20-35)37(18-22-9-10-22)29(40)41-30(2,3)4/h11,13-17,19,21-22,25H,7-10,12,18,20H2,1-6H3/t21?,25-/m1/s1. The molecule has 2 fully saturated rings. The van der Waals surface area contributed by atoms with Gasteiger partial charge in [0.2, 0.25) is 0 Å². The molecule has 11 heteroatoms. The van der Waals surface area contributed by atoms with Crippen molar-refractivity contribution in [2.45, 2.75) is 71.1 Å². The van der Waals surface area contributed by atoms with Gasteiger partial charge in [-0.15, -0.1) is 0 Å². The zero-order chi connectivity index (χ0) is 29.3. The van der Waals surface area contributed by atoms with Gasteiger partial charge >= 0.3 is 6.09 Å². The van der Waals surface area contributed by atoms with E-state index >= 15 is 0 Å². The summed E-state index contributed by atoms with van der Waals surface area (Å²) >= 11 is 0. The van der Waals surface area contributed by atoms with E-state index in [9.17, 15) is 9.59 Å². The van der Waals surface area contributed by atoms with Crippen LogP contribution in [-0.2, 0) is 4.74 Å². The Morgan fingerprint density at radius 1 is 1.17 bits per heavy atom. The molecule has 41 heavy (non-hydrogen) atoms. The largest absolute Gasteiger partial charge is 0.444 e. The van der Waals surface area contributed by atoms with Gasteiger partial charge in [0.25, 0.3) is 5.56 Å². The molecule has 1 aliphatic heterocycles. The first-order chi connectivity index (χ1) is 19.5. The third kappa shape index (κ3) is 6.89. The smallest absolute Gasteiger partial charge is 0.410 e. The number of ether oxygens (including phenoxy) is 1. The summed E-state index contributed by atoms with van der Waals surface area (Å²) < 4.78 is 9.17. The van der Waals surface area contributed by atoms with Crippen LogP contribution in [0.2, 0.25) is 0 Å². The number of nitrogens with zero attached hydrogens (tertiary/aromatic N) is 8. The highest BCUT2D eigenvalue weighted by Crippen LogP contribution is 2.33. The minimum Gasteiger partial charge on any atom is -0.444 e. The van der Waals surface area contributed by atoms with E-state index in [4.69, 9.17) is 4.74 Å². The van der Waals surface area contributed by atoms with E-state index in [1.165, 1.54) is 12.8 Å². The number of hydrogen-bond donors (Lipinski definition) is 0. The minimum atomic E-state index is -0.533. The number of carbonyl (C=O) groups excluding carboxylic acids is 1. The average molecular weight is 563 g/mol. The van der Waals surface area contributed by atoms with Crippen molar-refractivity contribution in [2.24, 2.45) is 5.92 Å². The number of carbonyl (C=O) groups is 1. The molecule has 1 aliphatic carbocycles. The summed E-state index contributed by atoms with van der Waals surface area (Å²) in [4.78, 5) is 41.4. The Morgan fingerprint density at radius 3 is 2.63 bits per heavy atom. The highest BCUT2D eigenvalue weighted by Gasteiger charge is 2.36. The highest BCUT2D eigenvalue weighted by atomic mass is 16.6. The lowest BCUT2D eigenvalue weighted by atomic mass is 10.0. The van der Waals surface area contributed by atoms with Crippen LogP contribution in [-0.4, -0.2) is 80.7 Å². The van der Waals surface area contributed by atoms with Gasteiger partial charge < -0.3 is 24.0 Å². The lowest BCUT2D eigenvalue weighted by molar-refractivity contribution is 0.0134. The zero-order valence-electron chi connectivity index (χ0n) is 25.0. The summed E-state index contributed by atoms with van der Waals surface area (Å²) in [5.41, 5.74) is 1.16. The van der Waals surface area contributed by atoms with Crippen LogP contribution in [0.25, 0.3) is 5.82 Å². The molecule has 0 spiro atoms. The molecule has 1 amide bonds. The fourth-order valence-electron chi connectivity index (χ4n) is 5.22. The first kappa shape index (κ1) is 28.6. The summed E-state index contributed by atoms with van der Waals surface area (Å²) in [7, 11) is 3.82. The van der Waals surface area contributed by atoms with Crippen molar-refractivity contribution in [3.8, 4) is 5.82 Å². The molecule has 2 aliphatic rings. The van der Waals surface area contributed by atoms with Gasteiger partial charge in [-0.1, -0.05) is 0 Å². The molecule has 11 nitrogen and oxygen atoms in total. The van der Waals surface area contributed by atoms with Crippen LogP contribution in [0.5, 0.6) is 0 Å². The van der Waals surface area contributed by atoms with E-state index in [1.54, 1.807) is 33.9 Å². The zero-order valence-corrected chi connectivity index (χ0v) is 25.0. The average Bonchev–Trinajstić information content (AvgIpc) is 3.62. The summed E-state index contributed by atoms with van der Waals surface area (Å²) in [5.74, 6) is 1.91. The van der Waals surface area contributed by atoms with Gasteiger partial charge in [-0.25, -0.2) is 14.5 Å². The molecular formula is C30H42N8O3. The van der Waals surface area contributed by atoms with Crippen molar-refractivity contribution in [3.63, 3.8) is 0 Å². The molecule has 1 saturated carbocycles. The van der Waals surface area contributed by atoms with E-state index < -0.39 is 5.60 Å². The minimum absolute atomic E-state index is 0.0560. The van der Waals surface area contributed by atoms with Gasteiger partial charge in [0.05, 0.1) is 30.7 Å². The molecule has 0 aromatic carbocycles. The maximum Gasteiger partial charge on any atom is 0.410 e. The molecule has 1 unspecified atom stereocenters. The van der Waals surface area contributed by atoms with E-state index in [0.717, 1.165) is 43.0 Å². The first-order valence-electron chi connectivity index (χ1n) is 14.5. The number of aromatic nitrogens is 5. The van der Waals surface area contributed by atoms with Crippen LogP contribution in [0.4, 0.5) is 16.3 Å². The van der Waals surface area contributed by atoms with Crippen LogP contribution in [0.3, 0.4) is 0 Å². The molecule has 5 rings (SSSR count). The quantitative estimate of drug-likeness (QED) is 0.404. The third-order valence-electron chi connectivity index (χ3n) is 7.72. The van der Waals surface area contributed by atoms with Crippen LogP contribution in [0.1, 0.15) is 65.0 Å². The number of amides is 1. The fraction of sp³-hybridized carbons (Fsp3) is 0.567. The summed E-state index contributed by atoms with van der Waals surface area (Å²) in [6.07, 6.45) is 12.8. The van der Waals surface area contributed by atoms with Gasteiger partial charge in [-0.3, -0.25) is 9.78 Å². The Balaban J connectivity index is 1.30. The van der Waals surface area contributed by atoms with Gasteiger partial charge in [-0.2, -0.15) is 5.10 Å². The summed E-state index contributed by atoms with van der Waals surface area (Å²) in [5, 5.41) is 4.47. The Morgan fingerprint density at radius 2 is 1.95 bits per heavy atom. The first-order valence-corrected chi connectivity index (χ1v) is 14.5. The second-order valence-electron chi connectivity index (χ2n) is 12.5. The lowest BCUT2D eigenvalue weighted by Gasteiger charge is -2.40. The van der Waals surface area contributed by atoms with Crippen LogP contribution >= 0.6 is 0 Å². The van der Waals surface area contributed by atoms with E-state index in [0.29, 0.717) is 18.3 Å². The van der Waals surface area contributed by atoms with Gasteiger partial charge in [0, 0.05) is 63.4 Å². The Hall–Kier alpha value is -3.89. The number of pyridine rings is 1. The van der Waals surface area contributed by atoms with Gasteiger partial charge in [0.15, 0.2) is 5.82 Å². The van der Waals surface area contributed by atoms with E-state index in [-0.39, 0.29) is 23.7 Å². The predicted octanol–water partition coefficient (Wildman–Crippen LogP) is 4.12. The fourth-order valence-corrected chi connectivity index (χ4v) is 5.22. The molecule has 4 heterocycles. The Labute approximate surface area is 241 Å². The summed E-state index contributed by atoms with van der Waals surface area (Å²) in [6.45, 7) is 9.98. The van der Waals surface area contributed by atoms with Gasteiger partial charge in [0.1, 0.15) is 11.4 Å². The van der Waals surface area contributed by atoms with Crippen LogP contribution in [0.15, 0.2) is 47.9 Å². The maximum atomic E-state index is 13.3. The molecule has 220 valence electrons. The molecule has 0 radical (unpaired) electrons. The second kappa shape index (κ2) is 11.5. The molecule has 2 atom stereocenters. The van der Waals surface area contributed by atoms with Crippen molar-refractivity contribution in [2.75, 3.05) is 43.5 Å². The predicted molar refractivity (Wildman–Crippen MR) is 159 cm³/mol. The molecular weight excluding hydrogens is 520 g/mol.